The van der Waals surface area contributed by atoms with Crippen molar-refractivity contribution in [3.8, 4) is 17.2 Å². The Balaban J connectivity index is 1.91. The lowest BCUT2D eigenvalue weighted by Gasteiger charge is -2.11. The SMILES string of the molecule is CCOc1c(/C=N/NC(=O)COc2ccc(Br)cc2)cccc1OC. The van der Waals surface area contributed by atoms with Crippen LogP contribution in [0, 0.1) is 0 Å². The Labute approximate surface area is 154 Å². The minimum Gasteiger partial charge on any atom is -0.493 e. The summed E-state index contributed by atoms with van der Waals surface area (Å²) < 4.78 is 17.2. The molecule has 0 aliphatic rings. The Morgan fingerprint density at radius 1 is 1.20 bits per heavy atom. The van der Waals surface area contributed by atoms with Gasteiger partial charge in [0, 0.05) is 10.0 Å². The first-order chi connectivity index (χ1) is 12.1. The number of ether oxygens (including phenoxy) is 3. The number of hydrogen-bond acceptors (Lipinski definition) is 5. The topological polar surface area (TPSA) is 69.2 Å². The highest BCUT2D eigenvalue weighted by molar-refractivity contribution is 9.10. The standard InChI is InChI=1S/C18H19BrN2O4/c1-3-24-18-13(5-4-6-16(18)23-2)11-20-21-17(22)12-25-15-9-7-14(19)8-10-15/h4-11H,3,12H2,1-2H3,(H,21,22)/b20-11+. The largest absolute Gasteiger partial charge is 0.493 e. The predicted molar refractivity (Wildman–Crippen MR) is 99.5 cm³/mol. The van der Waals surface area contributed by atoms with Crippen LogP contribution in [0.2, 0.25) is 0 Å². The average Bonchev–Trinajstić information content (AvgIpc) is 2.62. The van der Waals surface area contributed by atoms with Crippen LogP contribution in [0.3, 0.4) is 0 Å². The lowest BCUT2D eigenvalue weighted by Crippen LogP contribution is -2.24. The van der Waals surface area contributed by atoms with Crippen LogP contribution in [0.25, 0.3) is 0 Å². The molecule has 6 nitrogen and oxygen atoms in total. The zero-order chi connectivity index (χ0) is 18.1. The summed E-state index contributed by atoms with van der Waals surface area (Å²) in [5, 5.41) is 3.94. The lowest BCUT2D eigenvalue weighted by atomic mass is 10.2. The predicted octanol–water partition coefficient (Wildman–Crippen LogP) is 3.39. The summed E-state index contributed by atoms with van der Waals surface area (Å²) in [5.41, 5.74) is 3.12. The van der Waals surface area contributed by atoms with E-state index >= 15 is 0 Å². The van der Waals surface area contributed by atoms with Crippen molar-refractivity contribution in [3.63, 3.8) is 0 Å². The van der Waals surface area contributed by atoms with E-state index in [-0.39, 0.29) is 12.5 Å². The molecule has 2 aromatic carbocycles. The van der Waals surface area contributed by atoms with Gasteiger partial charge < -0.3 is 14.2 Å². The molecule has 0 fully saturated rings. The highest BCUT2D eigenvalue weighted by atomic mass is 79.9. The van der Waals surface area contributed by atoms with Gasteiger partial charge in [-0.2, -0.15) is 5.10 Å². The highest BCUT2D eigenvalue weighted by Gasteiger charge is 2.08. The molecule has 1 amide bonds. The Morgan fingerprint density at radius 3 is 2.64 bits per heavy atom. The van der Waals surface area contributed by atoms with Crippen LogP contribution in [0.5, 0.6) is 17.2 Å². The molecule has 0 spiro atoms. The van der Waals surface area contributed by atoms with E-state index in [1.165, 1.54) is 6.21 Å². The van der Waals surface area contributed by atoms with Gasteiger partial charge in [0.05, 0.1) is 19.9 Å². The number of halogens is 1. The first-order valence-electron chi connectivity index (χ1n) is 7.64. The normalized spacial score (nSPS) is 10.5. The smallest absolute Gasteiger partial charge is 0.277 e. The zero-order valence-corrected chi connectivity index (χ0v) is 15.6. The van der Waals surface area contributed by atoms with Crippen LogP contribution in [0.4, 0.5) is 0 Å². The van der Waals surface area contributed by atoms with E-state index in [4.69, 9.17) is 14.2 Å². The Hall–Kier alpha value is -2.54. The van der Waals surface area contributed by atoms with Gasteiger partial charge in [-0.1, -0.05) is 22.0 Å². The second kappa shape index (κ2) is 9.68. The fourth-order valence-electron chi connectivity index (χ4n) is 1.98. The van der Waals surface area contributed by atoms with Gasteiger partial charge in [-0.15, -0.1) is 0 Å². The number of hydrogen-bond donors (Lipinski definition) is 1. The van der Waals surface area contributed by atoms with E-state index < -0.39 is 0 Å². The molecule has 0 radical (unpaired) electrons. The Morgan fingerprint density at radius 2 is 1.96 bits per heavy atom. The van der Waals surface area contributed by atoms with Gasteiger partial charge in [0.25, 0.3) is 5.91 Å². The van der Waals surface area contributed by atoms with E-state index in [0.717, 1.165) is 4.47 Å². The van der Waals surface area contributed by atoms with E-state index in [9.17, 15) is 4.79 Å². The summed E-state index contributed by atoms with van der Waals surface area (Å²) in [7, 11) is 1.57. The number of benzene rings is 2. The lowest BCUT2D eigenvalue weighted by molar-refractivity contribution is -0.123. The van der Waals surface area contributed by atoms with Crippen molar-refractivity contribution in [1.29, 1.82) is 0 Å². The third kappa shape index (κ3) is 5.79. The quantitative estimate of drug-likeness (QED) is 0.538. The van der Waals surface area contributed by atoms with E-state index in [1.54, 1.807) is 25.3 Å². The first-order valence-corrected chi connectivity index (χ1v) is 8.43. The number of nitrogens with one attached hydrogen (secondary N) is 1. The number of nitrogens with zero attached hydrogens (tertiary/aromatic N) is 1. The van der Waals surface area contributed by atoms with Gasteiger partial charge in [-0.05, 0) is 43.3 Å². The maximum Gasteiger partial charge on any atom is 0.277 e. The molecule has 0 saturated heterocycles. The molecule has 0 aliphatic carbocycles. The number of amides is 1. The minimum atomic E-state index is -0.361. The molecule has 0 atom stereocenters. The van der Waals surface area contributed by atoms with Crippen molar-refractivity contribution in [2.75, 3.05) is 20.3 Å². The van der Waals surface area contributed by atoms with Crippen molar-refractivity contribution in [2.24, 2.45) is 5.10 Å². The Kier molecular flexibility index (Phi) is 7.28. The van der Waals surface area contributed by atoms with Gasteiger partial charge >= 0.3 is 0 Å². The van der Waals surface area contributed by atoms with Crippen LogP contribution >= 0.6 is 15.9 Å². The summed E-state index contributed by atoms with van der Waals surface area (Å²) in [5.74, 6) is 1.43. The maximum atomic E-state index is 11.8. The molecular weight excluding hydrogens is 388 g/mol. The van der Waals surface area contributed by atoms with Crippen LogP contribution < -0.4 is 19.6 Å². The monoisotopic (exact) mass is 406 g/mol. The number of rotatable bonds is 8. The molecular formula is C18H19BrN2O4. The molecule has 132 valence electrons. The van der Waals surface area contributed by atoms with Gasteiger partial charge in [0.15, 0.2) is 18.1 Å². The summed E-state index contributed by atoms with van der Waals surface area (Å²) in [6.45, 7) is 2.25. The summed E-state index contributed by atoms with van der Waals surface area (Å²) >= 11 is 3.34. The maximum absolute atomic E-state index is 11.8. The molecule has 0 bridgehead atoms. The van der Waals surface area contributed by atoms with Gasteiger partial charge in [0.2, 0.25) is 0 Å². The van der Waals surface area contributed by atoms with E-state index in [0.29, 0.717) is 29.4 Å². The molecule has 2 rings (SSSR count). The van der Waals surface area contributed by atoms with Gasteiger partial charge in [-0.25, -0.2) is 5.43 Å². The van der Waals surface area contributed by atoms with E-state index in [2.05, 4.69) is 26.5 Å². The Bertz CT molecular complexity index is 732. The number of carbonyl (C=O) groups excluding carboxylic acids is 1. The third-order valence-corrected chi connectivity index (χ3v) is 3.62. The van der Waals surface area contributed by atoms with Crippen molar-refractivity contribution >= 4 is 28.1 Å². The molecule has 25 heavy (non-hydrogen) atoms. The van der Waals surface area contributed by atoms with Crippen molar-refractivity contribution in [3.05, 3.63) is 52.5 Å². The molecule has 0 unspecified atom stereocenters. The molecule has 0 aromatic heterocycles. The number of carbonyl (C=O) groups is 1. The first kappa shape index (κ1) is 18.8. The average molecular weight is 407 g/mol. The fourth-order valence-corrected chi connectivity index (χ4v) is 2.24. The molecule has 1 N–H and O–H groups in total. The van der Waals surface area contributed by atoms with Gasteiger partial charge in [-0.3, -0.25) is 4.79 Å². The summed E-state index contributed by atoms with van der Waals surface area (Å²) in [6, 6.07) is 12.7. The zero-order valence-electron chi connectivity index (χ0n) is 14.0. The van der Waals surface area contributed by atoms with E-state index in [1.807, 2.05) is 31.2 Å². The van der Waals surface area contributed by atoms with Crippen molar-refractivity contribution in [2.45, 2.75) is 6.92 Å². The van der Waals surface area contributed by atoms with Crippen LogP contribution in [0.15, 0.2) is 52.0 Å². The third-order valence-electron chi connectivity index (χ3n) is 3.09. The summed E-state index contributed by atoms with van der Waals surface area (Å²) in [6.07, 6.45) is 1.51. The minimum absolute atomic E-state index is 0.130. The molecule has 0 aliphatic heterocycles. The fraction of sp³-hybridized carbons (Fsp3) is 0.222. The number of para-hydroxylation sites is 1. The molecule has 7 heteroatoms. The van der Waals surface area contributed by atoms with Gasteiger partial charge in [0.1, 0.15) is 5.75 Å². The van der Waals surface area contributed by atoms with Crippen LogP contribution in [-0.2, 0) is 4.79 Å². The number of hydrazone groups is 1. The molecule has 0 saturated carbocycles. The molecule has 2 aromatic rings. The van der Waals surface area contributed by atoms with Crippen molar-refractivity contribution < 1.29 is 19.0 Å². The highest BCUT2D eigenvalue weighted by Crippen LogP contribution is 2.29. The molecule has 0 heterocycles. The van der Waals surface area contributed by atoms with Crippen molar-refractivity contribution in [1.82, 2.24) is 5.43 Å². The second-order valence-electron chi connectivity index (χ2n) is 4.85. The van der Waals surface area contributed by atoms with Crippen LogP contribution in [-0.4, -0.2) is 32.4 Å². The summed E-state index contributed by atoms with van der Waals surface area (Å²) in [4.78, 5) is 11.8. The second-order valence-corrected chi connectivity index (χ2v) is 5.76. The van der Waals surface area contributed by atoms with Crippen LogP contribution in [0.1, 0.15) is 12.5 Å². The number of methoxy groups -OCH3 is 1.